The third-order valence-electron chi connectivity index (χ3n) is 1.04. The zero-order valence-corrected chi connectivity index (χ0v) is 7.12. The molecule has 0 aliphatic heterocycles. The fraction of sp³-hybridized carbons (Fsp3) is 0. The Morgan fingerprint density at radius 2 is 1.67 bits per heavy atom. The minimum atomic E-state index is -3.11. The maximum atomic E-state index is 8.44. The summed E-state index contributed by atoms with van der Waals surface area (Å²) >= 11 is -3.11. The number of hydrogen-bond acceptors (Lipinski definition) is 3. The monoisotopic (exact) mass is 184 g/mol. The average molecular weight is 184 g/mol. The van der Waals surface area contributed by atoms with Crippen LogP contribution in [0.25, 0.3) is 6.08 Å². The second-order valence-corrected chi connectivity index (χ2v) is 2.23. The normalized spacial score (nSPS) is 8.58. The van der Waals surface area contributed by atoms with Crippen LogP contribution >= 0.6 is 0 Å². The van der Waals surface area contributed by atoms with Crippen LogP contribution in [-0.4, -0.2) is 13.3 Å². The Hall–Kier alpha value is -0.970. The lowest BCUT2D eigenvalue weighted by molar-refractivity contribution is 0.419. The molecule has 66 valence electrons. The van der Waals surface area contributed by atoms with Crippen LogP contribution in [0.15, 0.2) is 36.9 Å². The molecule has 0 N–H and O–H groups in total. The molecule has 0 saturated heterocycles. The van der Waals surface area contributed by atoms with E-state index in [0.717, 1.165) is 0 Å². The third kappa shape index (κ3) is 7.14. The van der Waals surface area contributed by atoms with Crippen molar-refractivity contribution in [2.24, 2.45) is 0 Å². The van der Waals surface area contributed by atoms with E-state index in [4.69, 9.17) is 13.3 Å². The molecule has 0 heterocycles. The molecule has 0 unspecified atom stereocenters. The quantitative estimate of drug-likeness (QED) is 0.618. The highest BCUT2D eigenvalue weighted by atomic mass is 32.2. The summed E-state index contributed by atoms with van der Waals surface area (Å²) < 4.78 is 25.3. The van der Waals surface area contributed by atoms with E-state index in [0.29, 0.717) is 0 Å². The first-order chi connectivity index (χ1) is 5.66. The van der Waals surface area contributed by atoms with Crippen LogP contribution in [0.1, 0.15) is 5.56 Å². The molecule has 0 saturated carbocycles. The number of hydrogen-bond donors (Lipinski definition) is 0. The van der Waals surface area contributed by atoms with Crippen LogP contribution in [0.2, 0.25) is 0 Å². The summed E-state index contributed by atoms with van der Waals surface area (Å²) in [5.41, 5.74) is 1.17. The second kappa shape index (κ2) is 6.72. The predicted molar refractivity (Wildman–Crippen MR) is 46.2 cm³/mol. The number of benzene rings is 1. The lowest BCUT2D eigenvalue weighted by Gasteiger charge is -2.03. The van der Waals surface area contributed by atoms with Gasteiger partial charge in [0.05, 0.1) is 0 Å². The van der Waals surface area contributed by atoms with Crippen LogP contribution < -0.4 is 0 Å². The van der Waals surface area contributed by atoms with Gasteiger partial charge in [-0.2, -0.15) is 0 Å². The van der Waals surface area contributed by atoms with E-state index in [2.05, 4.69) is 6.58 Å². The summed E-state index contributed by atoms with van der Waals surface area (Å²) in [5, 5.41) is 0. The summed E-state index contributed by atoms with van der Waals surface area (Å²) in [7, 11) is 0. The largest absolute Gasteiger partial charge is 0.784 e. The highest BCUT2D eigenvalue weighted by Crippen LogP contribution is 1.97. The van der Waals surface area contributed by atoms with Gasteiger partial charge in [0.2, 0.25) is 0 Å². The highest BCUT2D eigenvalue weighted by Gasteiger charge is 1.75. The Morgan fingerprint density at radius 1 is 1.25 bits per heavy atom. The molecule has 0 aliphatic carbocycles. The molecule has 1 rings (SSSR count). The van der Waals surface area contributed by atoms with Gasteiger partial charge >= 0.3 is 0 Å². The minimum absolute atomic E-state index is 1.17. The van der Waals surface area contributed by atoms with Gasteiger partial charge in [-0.15, -0.1) is 11.4 Å². The van der Waals surface area contributed by atoms with Gasteiger partial charge in [-0.05, 0) is 5.56 Å². The van der Waals surface area contributed by atoms with Gasteiger partial charge in [0.1, 0.15) is 0 Å². The topological polar surface area (TPSA) is 63.2 Å². The molecule has 0 bridgehead atoms. The zero-order chi connectivity index (χ0) is 9.40. The lowest BCUT2D eigenvalue weighted by Crippen LogP contribution is -1.76. The van der Waals surface area contributed by atoms with E-state index in [1.165, 1.54) is 5.56 Å². The molecular formula is C8H8O3S-2. The molecule has 0 aliphatic rings. The predicted octanol–water partition coefficient (Wildman–Crippen LogP) is 1.33. The van der Waals surface area contributed by atoms with E-state index in [1.807, 2.05) is 36.4 Å². The Morgan fingerprint density at radius 3 is 1.92 bits per heavy atom. The maximum absolute atomic E-state index is 8.44. The molecule has 12 heavy (non-hydrogen) atoms. The molecule has 4 heteroatoms. The van der Waals surface area contributed by atoms with Crippen molar-refractivity contribution in [2.45, 2.75) is 0 Å². The molecule has 0 amide bonds. The Bertz CT molecular complexity index is 242. The Kier molecular flexibility index (Phi) is 6.18. The SMILES string of the molecule is C=Cc1ccccc1.O=S([O-])[O-]. The summed E-state index contributed by atoms with van der Waals surface area (Å²) in [6, 6.07) is 10.0. The lowest BCUT2D eigenvalue weighted by atomic mass is 10.2. The molecule has 0 radical (unpaired) electrons. The summed E-state index contributed by atoms with van der Waals surface area (Å²) in [4.78, 5) is 0. The number of rotatable bonds is 1. The summed E-state index contributed by atoms with van der Waals surface area (Å²) in [6.07, 6.45) is 1.83. The molecule has 0 atom stereocenters. The molecule has 0 aromatic heterocycles. The van der Waals surface area contributed by atoms with E-state index in [-0.39, 0.29) is 0 Å². The maximum Gasteiger partial charge on any atom is -0.0263 e. The molecule has 1 aromatic rings. The molecule has 0 spiro atoms. The smallest absolute Gasteiger partial charge is 0.0263 e. The second-order valence-electron chi connectivity index (χ2n) is 1.82. The third-order valence-corrected chi connectivity index (χ3v) is 1.04. The van der Waals surface area contributed by atoms with E-state index < -0.39 is 11.4 Å². The van der Waals surface area contributed by atoms with Gasteiger partial charge in [-0.1, -0.05) is 43.0 Å². The van der Waals surface area contributed by atoms with E-state index in [1.54, 1.807) is 0 Å². The first kappa shape index (κ1) is 11.0. The van der Waals surface area contributed by atoms with Gasteiger partial charge < -0.3 is 9.11 Å². The zero-order valence-electron chi connectivity index (χ0n) is 6.30. The van der Waals surface area contributed by atoms with Gasteiger partial charge in [-0.3, -0.25) is 4.21 Å². The first-order valence-corrected chi connectivity index (χ1v) is 4.11. The van der Waals surface area contributed by atoms with E-state index in [9.17, 15) is 0 Å². The van der Waals surface area contributed by atoms with Crippen LogP contribution in [0.3, 0.4) is 0 Å². The standard InChI is InChI=1S/C8H8.H2O3S/c1-2-8-6-4-3-5-7-8;1-4(2)3/h2-7H,1H2;(H2,1,2,3)/p-2. The van der Waals surface area contributed by atoms with Crippen molar-refractivity contribution in [1.82, 2.24) is 0 Å². The van der Waals surface area contributed by atoms with E-state index >= 15 is 0 Å². The minimum Gasteiger partial charge on any atom is -0.784 e. The first-order valence-electron chi connectivity index (χ1n) is 3.11. The summed E-state index contributed by atoms with van der Waals surface area (Å²) in [6.45, 7) is 3.63. The van der Waals surface area contributed by atoms with Crippen LogP contribution in [-0.2, 0) is 11.4 Å². The van der Waals surface area contributed by atoms with Crippen molar-refractivity contribution >= 4 is 17.4 Å². The fourth-order valence-electron chi connectivity index (χ4n) is 0.589. The van der Waals surface area contributed by atoms with Gasteiger partial charge in [0.15, 0.2) is 0 Å². The van der Waals surface area contributed by atoms with Crippen molar-refractivity contribution < 1.29 is 13.3 Å². The van der Waals surface area contributed by atoms with Crippen molar-refractivity contribution in [3.8, 4) is 0 Å². The van der Waals surface area contributed by atoms with Gasteiger partial charge in [-0.25, -0.2) is 0 Å². The van der Waals surface area contributed by atoms with Crippen molar-refractivity contribution in [2.75, 3.05) is 0 Å². The molecule has 1 aromatic carbocycles. The summed E-state index contributed by atoms with van der Waals surface area (Å²) in [5.74, 6) is 0. The Labute approximate surface area is 73.9 Å². The Balaban J connectivity index is 0.000000261. The van der Waals surface area contributed by atoms with Crippen LogP contribution in [0.4, 0.5) is 0 Å². The molecule has 3 nitrogen and oxygen atoms in total. The molecule has 0 fully saturated rings. The van der Waals surface area contributed by atoms with Gasteiger partial charge in [0, 0.05) is 0 Å². The van der Waals surface area contributed by atoms with Crippen molar-refractivity contribution in [3.05, 3.63) is 42.5 Å². The van der Waals surface area contributed by atoms with Crippen molar-refractivity contribution in [3.63, 3.8) is 0 Å². The average Bonchev–Trinajstić information content (AvgIpc) is 2.05. The van der Waals surface area contributed by atoms with Crippen LogP contribution in [0.5, 0.6) is 0 Å². The molecular weight excluding hydrogens is 176 g/mol. The van der Waals surface area contributed by atoms with Gasteiger partial charge in [0.25, 0.3) is 0 Å². The fourth-order valence-corrected chi connectivity index (χ4v) is 0.589. The van der Waals surface area contributed by atoms with Crippen molar-refractivity contribution in [1.29, 1.82) is 0 Å². The highest BCUT2D eigenvalue weighted by molar-refractivity contribution is 7.72. The van der Waals surface area contributed by atoms with Crippen LogP contribution in [0, 0.1) is 0 Å².